The van der Waals surface area contributed by atoms with Gasteiger partial charge < -0.3 is 15.2 Å². The number of rotatable bonds is 7. The minimum atomic E-state index is 0.265. The van der Waals surface area contributed by atoms with Crippen LogP contribution in [0.2, 0.25) is 0 Å². The molecule has 0 fully saturated rings. The topological polar surface area (TPSA) is 67.3 Å². The maximum Gasteiger partial charge on any atom is 0.218 e. The molecule has 5 heteroatoms. The molecule has 15 heavy (non-hydrogen) atoms. The van der Waals surface area contributed by atoms with Crippen LogP contribution in [0.4, 0.5) is 5.82 Å². The quantitative estimate of drug-likeness (QED) is 0.660. The van der Waals surface area contributed by atoms with Gasteiger partial charge in [0.05, 0.1) is 7.11 Å². The Hall–Kier alpha value is -1.36. The number of hydrogen-bond donors (Lipinski definition) is 2. The Labute approximate surface area is 89.5 Å². The maximum absolute atomic E-state index is 8.59. The highest BCUT2D eigenvalue weighted by Crippen LogP contribution is 2.09. The molecule has 1 aromatic rings. The SMILES string of the molecule is COc1cc(NCCCCCO)ncn1. The number of anilines is 1. The van der Waals surface area contributed by atoms with Crippen LogP contribution >= 0.6 is 0 Å². The molecule has 0 atom stereocenters. The number of ether oxygens (including phenoxy) is 1. The summed E-state index contributed by atoms with van der Waals surface area (Å²) >= 11 is 0. The molecule has 2 N–H and O–H groups in total. The van der Waals surface area contributed by atoms with E-state index in [1.165, 1.54) is 6.33 Å². The lowest BCUT2D eigenvalue weighted by atomic mass is 10.2. The van der Waals surface area contributed by atoms with Crippen molar-refractivity contribution in [1.82, 2.24) is 9.97 Å². The highest BCUT2D eigenvalue weighted by molar-refractivity contribution is 5.36. The van der Waals surface area contributed by atoms with Crippen LogP contribution in [0.5, 0.6) is 5.88 Å². The van der Waals surface area contributed by atoms with E-state index in [1.807, 2.05) is 0 Å². The first-order valence-corrected chi connectivity index (χ1v) is 5.07. The van der Waals surface area contributed by atoms with Crippen molar-refractivity contribution in [3.63, 3.8) is 0 Å². The fraction of sp³-hybridized carbons (Fsp3) is 0.600. The molecule has 1 heterocycles. The number of aromatic nitrogens is 2. The number of aliphatic hydroxyl groups is 1. The van der Waals surface area contributed by atoms with Gasteiger partial charge in [-0.2, -0.15) is 0 Å². The highest BCUT2D eigenvalue weighted by Gasteiger charge is 1.96. The summed E-state index contributed by atoms with van der Waals surface area (Å²) in [6.07, 6.45) is 4.36. The molecule has 0 aromatic carbocycles. The molecule has 0 aliphatic carbocycles. The van der Waals surface area contributed by atoms with Crippen LogP contribution in [0.15, 0.2) is 12.4 Å². The van der Waals surface area contributed by atoms with Gasteiger partial charge in [-0.05, 0) is 19.3 Å². The Morgan fingerprint density at radius 1 is 1.33 bits per heavy atom. The molecule has 5 nitrogen and oxygen atoms in total. The smallest absolute Gasteiger partial charge is 0.218 e. The summed E-state index contributed by atoms with van der Waals surface area (Å²) in [5.41, 5.74) is 0. The summed E-state index contributed by atoms with van der Waals surface area (Å²) in [7, 11) is 1.58. The van der Waals surface area contributed by atoms with Crippen molar-refractivity contribution < 1.29 is 9.84 Å². The van der Waals surface area contributed by atoms with Crippen LogP contribution in [-0.2, 0) is 0 Å². The van der Waals surface area contributed by atoms with Crippen LogP contribution in [0, 0.1) is 0 Å². The Kier molecular flexibility index (Phi) is 5.47. The Bertz CT molecular complexity index is 281. The van der Waals surface area contributed by atoms with Crippen LogP contribution in [0.3, 0.4) is 0 Å². The lowest BCUT2D eigenvalue weighted by molar-refractivity contribution is 0.283. The first-order chi connectivity index (χ1) is 7.36. The second-order valence-corrected chi connectivity index (χ2v) is 3.16. The Morgan fingerprint density at radius 2 is 2.20 bits per heavy atom. The molecule has 0 bridgehead atoms. The summed E-state index contributed by atoms with van der Waals surface area (Å²) in [6, 6.07) is 1.76. The van der Waals surface area contributed by atoms with Gasteiger partial charge in [-0.15, -0.1) is 0 Å². The summed E-state index contributed by atoms with van der Waals surface area (Å²) in [5, 5.41) is 11.8. The summed E-state index contributed by atoms with van der Waals surface area (Å²) in [4.78, 5) is 7.96. The Balaban J connectivity index is 2.24. The molecular weight excluding hydrogens is 194 g/mol. The fourth-order valence-corrected chi connectivity index (χ4v) is 1.18. The van der Waals surface area contributed by atoms with E-state index in [9.17, 15) is 0 Å². The van der Waals surface area contributed by atoms with Gasteiger partial charge in [-0.1, -0.05) is 0 Å². The van der Waals surface area contributed by atoms with E-state index in [1.54, 1.807) is 13.2 Å². The van der Waals surface area contributed by atoms with Crippen molar-refractivity contribution in [1.29, 1.82) is 0 Å². The van der Waals surface area contributed by atoms with Gasteiger partial charge in [0.25, 0.3) is 0 Å². The van der Waals surface area contributed by atoms with Crippen LogP contribution in [0.25, 0.3) is 0 Å². The van der Waals surface area contributed by atoms with Crippen LogP contribution in [-0.4, -0.2) is 35.3 Å². The number of nitrogens with zero attached hydrogens (tertiary/aromatic N) is 2. The van der Waals surface area contributed by atoms with Gasteiger partial charge in [0.15, 0.2) is 0 Å². The summed E-state index contributed by atoms with van der Waals surface area (Å²) < 4.78 is 4.98. The number of unbranched alkanes of at least 4 members (excludes halogenated alkanes) is 2. The first-order valence-electron chi connectivity index (χ1n) is 5.07. The number of methoxy groups -OCH3 is 1. The third kappa shape index (κ3) is 4.60. The van der Waals surface area contributed by atoms with Crippen molar-refractivity contribution >= 4 is 5.82 Å². The van der Waals surface area contributed by atoms with Crippen molar-refractivity contribution in [2.75, 3.05) is 25.6 Å². The van der Waals surface area contributed by atoms with Gasteiger partial charge in [0.1, 0.15) is 12.1 Å². The standard InChI is InChI=1S/C10H17N3O2/c1-15-10-7-9(12-8-13-10)11-5-3-2-4-6-14/h7-8,14H,2-6H2,1H3,(H,11,12,13). The molecule has 0 spiro atoms. The minimum Gasteiger partial charge on any atom is -0.481 e. The van der Waals surface area contributed by atoms with Crippen LogP contribution < -0.4 is 10.1 Å². The molecule has 0 saturated heterocycles. The second kappa shape index (κ2) is 7.00. The zero-order chi connectivity index (χ0) is 10.9. The van der Waals surface area contributed by atoms with E-state index < -0.39 is 0 Å². The van der Waals surface area contributed by atoms with Crippen molar-refractivity contribution in [3.05, 3.63) is 12.4 Å². The van der Waals surface area contributed by atoms with Crippen molar-refractivity contribution in [3.8, 4) is 5.88 Å². The molecular formula is C10H17N3O2. The van der Waals surface area contributed by atoms with Gasteiger partial charge in [-0.25, -0.2) is 9.97 Å². The molecule has 0 amide bonds. The van der Waals surface area contributed by atoms with Gasteiger partial charge in [0.2, 0.25) is 5.88 Å². The first kappa shape index (κ1) is 11.7. The third-order valence-electron chi connectivity index (χ3n) is 1.99. The van der Waals surface area contributed by atoms with Crippen molar-refractivity contribution in [2.45, 2.75) is 19.3 Å². The minimum absolute atomic E-state index is 0.265. The summed E-state index contributed by atoms with van der Waals surface area (Å²) in [6.45, 7) is 1.11. The van der Waals surface area contributed by atoms with E-state index in [0.29, 0.717) is 5.88 Å². The molecule has 84 valence electrons. The maximum atomic E-state index is 8.59. The molecule has 1 rings (SSSR count). The lowest BCUT2D eigenvalue weighted by Crippen LogP contribution is -2.04. The normalized spacial score (nSPS) is 10.0. The van der Waals surface area contributed by atoms with E-state index >= 15 is 0 Å². The monoisotopic (exact) mass is 211 g/mol. The summed E-state index contributed by atoms with van der Waals surface area (Å²) in [5.74, 6) is 1.33. The molecule has 0 aliphatic heterocycles. The molecule has 1 aromatic heterocycles. The van der Waals surface area contributed by atoms with E-state index in [-0.39, 0.29) is 6.61 Å². The molecule has 0 radical (unpaired) electrons. The highest BCUT2D eigenvalue weighted by atomic mass is 16.5. The molecule has 0 unspecified atom stereocenters. The molecule has 0 aliphatic rings. The number of aliphatic hydroxyl groups excluding tert-OH is 1. The predicted molar refractivity (Wildman–Crippen MR) is 58.0 cm³/mol. The van der Waals surface area contributed by atoms with E-state index in [0.717, 1.165) is 31.6 Å². The largest absolute Gasteiger partial charge is 0.481 e. The Morgan fingerprint density at radius 3 is 2.93 bits per heavy atom. The van der Waals surface area contributed by atoms with Crippen LogP contribution in [0.1, 0.15) is 19.3 Å². The average Bonchev–Trinajstić information content (AvgIpc) is 2.29. The second-order valence-electron chi connectivity index (χ2n) is 3.16. The third-order valence-corrected chi connectivity index (χ3v) is 1.99. The molecule has 0 saturated carbocycles. The predicted octanol–water partition coefficient (Wildman–Crippen LogP) is 1.06. The average molecular weight is 211 g/mol. The number of hydrogen-bond acceptors (Lipinski definition) is 5. The fourth-order valence-electron chi connectivity index (χ4n) is 1.18. The zero-order valence-corrected chi connectivity index (χ0v) is 8.94. The van der Waals surface area contributed by atoms with Gasteiger partial charge in [-0.3, -0.25) is 0 Å². The number of nitrogens with one attached hydrogen (secondary N) is 1. The van der Waals surface area contributed by atoms with Gasteiger partial charge in [0, 0.05) is 19.2 Å². The van der Waals surface area contributed by atoms with E-state index in [4.69, 9.17) is 9.84 Å². The van der Waals surface area contributed by atoms with Gasteiger partial charge >= 0.3 is 0 Å². The zero-order valence-electron chi connectivity index (χ0n) is 8.94. The van der Waals surface area contributed by atoms with E-state index in [2.05, 4.69) is 15.3 Å². The lowest BCUT2D eigenvalue weighted by Gasteiger charge is -2.05. The van der Waals surface area contributed by atoms with Crippen molar-refractivity contribution in [2.24, 2.45) is 0 Å².